The van der Waals surface area contributed by atoms with Crippen molar-refractivity contribution in [2.24, 2.45) is 0 Å². The largest absolute Gasteiger partial charge is 0.380 e. The predicted octanol–water partition coefficient (Wildman–Crippen LogP) is 1.61. The number of aryl methyl sites for hydroxylation is 1. The summed E-state index contributed by atoms with van der Waals surface area (Å²) in [5.41, 5.74) is 0.524. The van der Waals surface area contributed by atoms with Gasteiger partial charge in [0.1, 0.15) is 17.9 Å². The molecule has 1 saturated heterocycles. The molecule has 0 unspecified atom stereocenters. The second-order valence-corrected chi connectivity index (χ2v) is 4.93. The average molecular weight is 285 g/mol. The number of methoxy groups -OCH3 is 1. The van der Waals surface area contributed by atoms with Crippen molar-refractivity contribution >= 4 is 5.82 Å². The minimum atomic E-state index is -0.127. The molecule has 2 aromatic rings. The van der Waals surface area contributed by atoms with E-state index in [1.54, 1.807) is 32.4 Å². The van der Waals surface area contributed by atoms with E-state index in [1.165, 1.54) is 0 Å². The summed E-state index contributed by atoms with van der Waals surface area (Å²) in [6.45, 7) is 2.41. The Balaban J connectivity index is 2.00. The molecule has 0 aromatic carbocycles. The number of pyridine rings is 1. The zero-order valence-electron chi connectivity index (χ0n) is 11.9. The van der Waals surface area contributed by atoms with Crippen LogP contribution in [-0.4, -0.2) is 34.9 Å². The molecule has 0 spiro atoms. The zero-order valence-corrected chi connectivity index (χ0v) is 11.9. The number of hydrogen-bond acceptors (Lipinski definition) is 7. The summed E-state index contributed by atoms with van der Waals surface area (Å²) in [7, 11) is 1.67. The first-order valence-corrected chi connectivity index (χ1v) is 6.67. The van der Waals surface area contributed by atoms with Gasteiger partial charge in [-0.3, -0.25) is 0 Å². The molecule has 3 heterocycles. The van der Waals surface area contributed by atoms with Crippen molar-refractivity contribution in [2.45, 2.75) is 25.5 Å². The molecule has 7 heteroatoms. The second-order valence-electron chi connectivity index (χ2n) is 4.93. The zero-order chi connectivity index (χ0) is 14.8. The van der Waals surface area contributed by atoms with E-state index in [4.69, 9.17) is 9.26 Å². The van der Waals surface area contributed by atoms with Crippen molar-refractivity contribution in [3.63, 3.8) is 0 Å². The van der Waals surface area contributed by atoms with Gasteiger partial charge in [0.25, 0.3) is 0 Å². The van der Waals surface area contributed by atoms with Crippen molar-refractivity contribution in [3.8, 4) is 6.07 Å². The standard InChI is InChI=1S/C14H15N5O2/c1-9-17-14(21-18-9)12-6-11(20-2)8-19(12)13-10(7-15)4-3-5-16-13/h3-5,11-12H,6,8H2,1-2H3/t11-,12-/m1/s1. The molecule has 7 nitrogen and oxygen atoms in total. The van der Waals surface area contributed by atoms with E-state index in [0.717, 1.165) is 6.42 Å². The first-order valence-electron chi connectivity index (χ1n) is 6.67. The van der Waals surface area contributed by atoms with Crippen LogP contribution in [0.4, 0.5) is 5.82 Å². The number of rotatable bonds is 3. The number of ether oxygens (including phenoxy) is 1. The van der Waals surface area contributed by atoms with Crippen LogP contribution in [0.3, 0.4) is 0 Å². The third kappa shape index (κ3) is 2.45. The van der Waals surface area contributed by atoms with Crippen molar-refractivity contribution in [3.05, 3.63) is 35.6 Å². The molecule has 21 heavy (non-hydrogen) atoms. The van der Waals surface area contributed by atoms with Crippen LogP contribution < -0.4 is 4.90 Å². The van der Waals surface area contributed by atoms with Gasteiger partial charge in [-0.15, -0.1) is 0 Å². The van der Waals surface area contributed by atoms with Gasteiger partial charge in [-0.2, -0.15) is 10.2 Å². The lowest BCUT2D eigenvalue weighted by molar-refractivity contribution is 0.117. The van der Waals surface area contributed by atoms with Crippen LogP contribution in [0.1, 0.15) is 29.7 Å². The Labute approximate surface area is 122 Å². The predicted molar refractivity (Wildman–Crippen MR) is 73.5 cm³/mol. The number of hydrogen-bond donors (Lipinski definition) is 0. The quantitative estimate of drug-likeness (QED) is 0.846. The van der Waals surface area contributed by atoms with Gasteiger partial charge in [0.05, 0.1) is 11.7 Å². The molecule has 2 atom stereocenters. The van der Waals surface area contributed by atoms with Crippen molar-refractivity contribution in [1.29, 1.82) is 5.26 Å². The van der Waals surface area contributed by atoms with Crippen LogP contribution in [0.5, 0.6) is 0 Å². The van der Waals surface area contributed by atoms with Crippen molar-refractivity contribution in [1.82, 2.24) is 15.1 Å². The van der Waals surface area contributed by atoms with Crippen LogP contribution in [0.2, 0.25) is 0 Å². The molecule has 0 radical (unpaired) electrons. The fourth-order valence-electron chi connectivity index (χ4n) is 2.60. The minimum Gasteiger partial charge on any atom is -0.380 e. The van der Waals surface area contributed by atoms with E-state index in [1.807, 2.05) is 4.90 Å². The van der Waals surface area contributed by atoms with Crippen molar-refractivity contribution in [2.75, 3.05) is 18.6 Å². The maximum absolute atomic E-state index is 9.26. The maximum atomic E-state index is 9.26. The summed E-state index contributed by atoms with van der Waals surface area (Å²) in [5, 5.41) is 13.1. The smallest absolute Gasteiger partial charge is 0.249 e. The van der Waals surface area contributed by atoms with Gasteiger partial charge in [-0.25, -0.2) is 4.98 Å². The van der Waals surface area contributed by atoms with Gasteiger partial charge in [-0.05, 0) is 19.1 Å². The lowest BCUT2D eigenvalue weighted by atomic mass is 10.2. The molecule has 0 N–H and O–H groups in total. The molecule has 0 saturated carbocycles. The Hall–Kier alpha value is -2.46. The van der Waals surface area contributed by atoms with Gasteiger partial charge in [0, 0.05) is 26.3 Å². The summed E-state index contributed by atoms with van der Waals surface area (Å²) >= 11 is 0. The SMILES string of the molecule is CO[C@@H]1C[C@H](c2nc(C)no2)N(c2ncccc2C#N)C1. The van der Waals surface area contributed by atoms with Crippen LogP contribution in [0.15, 0.2) is 22.9 Å². The lowest BCUT2D eigenvalue weighted by Crippen LogP contribution is -2.26. The van der Waals surface area contributed by atoms with Gasteiger partial charge >= 0.3 is 0 Å². The third-order valence-corrected chi connectivity index (χ3v) is 3.60. The number of nitriles is 1. The molecule has 1 aliphatic rings. The normalized spacial score (nSPS) is 21.5. The summed E-state index contributed by atoms with van der Waals surface area (Å²) in [6.07, 6.45) is 2.43. The Morgan fingerprint density at radius 1 is 1.52 bits per heavy atom. The van der Waals surface area contributed by atoms with Crippen LogP contribution in [0.25, 0.3) is 0 Å². The summed E-state index contributed by atoms with van der Waals surface area (Å²) in [6, 6.07) is 5.54. The number of nitrogens with zero attached hydrogens (tertiary/aromatic N) is 5. The first kappa shape index (κ1) is 13.5. The molecule has 2 aromatic heterocycles. The minimum absolute atomic E-state index is 0.0377. The highest BCUT2D eigenvalue weighted by Crippen LogP contribution is 2.36. The Morgan fingerprint density at radius 3 is 3.05 bits per heavy atom. The van der Waals surface area contributed by atoms with Gasteiger partial charge < -0.3 is 14.2 Å². The molecule has 1 aliphatic heterocycles. The van der Waals surface area contributed by atoms with Crippen LogP contribution in [0, 0.1) is 18.3 Å². The molecule has 108 valence electrons. The molecule has 0 bridgehead atoms. The van der Waals surface area contributed by atoms with E-state index < -0.39 is 0 Å². The third-order valence-electron chi connectivity index (χ3n) is 3.60. The van der Waals surface area contributed by atoms with Gasteiger partial charge in [0.2, 0.25) is 5.89 Å². The molecule has 1 fully saturated rings. The summed E-state index contributed by atoms with van der Waals surface area (Å²) < 4.78 is 10.7. The van der Waals surface area contributed by atoms with E-state index >= 15 is 0 Å². The molecular formula is C14H15N5O2. The van der Waals surface area contributed by atoms with E-state index in [9.17, 15) is 5.26 Å². The Kier molecular flexibility index (Phi) is 3.54. The maximum Gasteiger partial charge on any atom is 0.249 e. The lowest BCUT2D eigenvalue weighted by Gasteiger charge is -2.23. The fourth-order valence-corrected chi connectivity index (χ4v) is 2.60. The van der Waals surface area contributed by atoms with E-state index in [0.29, 0.717) is 29.6 Å². The second kappa shape index (κ2) is 5.50. The first-order chi connectivity index (χ1) is 10.2. The van der Waals surface area contributed by atoms with E-state index in [-0.39, 0.29) is 12.1 Å². The fraction of sp³-hybridized carbons (Fsp3) is 0.429. The number of anilines is 1. The van der Waals surface area contributed by atoms with Crippen molar-refractivity contribution < 1.29 is 9.26 Å². The highest BCUT2D eigenvalue weighted by Gasteiger charge is 2.38. The highest BCUT2D eigenvalue weighted by atomic mass is 16.5. The summed E-state index contributed by atoms with van der Waals surface area (Å²) in [5.74, 6) is 1.74. The highest BCUT2D eigenvalue weighted by molar-refractivity contribution is 5.55. The number of aromatic nitrogens is 3. The topological polar surface area (TPSA) is 88.1 Å². The molecular weight excluding hydrogens is 270 g/mol. The average Bonchev–Trinajstić information content (AvgIpc) is 3.13. The monoisotopic (exact) mass is 285 g/mol. The Morgan fingerprint density at radius 2 is 2.38 bits per heavy atom. The van der Waals surface area contributed by atoms with Crippen LogP contribution in [-0.2, 0) is 4.74 Å². The summed E-state index contributed by atoms with van der Waals surface area (Å²) in [4.78, 5) is 10.6. The molecule has 3 rings (SSSR count). The molecule has 0 aliphatic carbocycles. The van der Waals surface area contributed by atoms with Gasteiger partial charge in [-0.1, -0.05) is 5.16 Å². The van der Waals surface area contributed by atoms with E-state index in [2.05, 4.69) is 21.2 Å². The Bertz CT molecular complexity index is 678. The van der Waals surface area contributed by atoms with Gasteiger partial charge in [0.15, 0.2) is 5.82 Å². The van der Waals surface area contributed by atoms with Crippen LogP contribution >= 0.6 is 0 Å². The molecule has 0 amide bonds.